The van der Waals surface area contributed by atoms with Crippen LogP contribution in [-0.4, -0.2) is 16.1 Å². The van der Waals surface area contributed by atoms with Gasteiger partial charge in [0.05, 0.1) is 0 Å². The molecule has 0 aliphatic rings. The molecule has 4 nitrogen and oxygen atoms in total. The summed E-state index contributed by atoms with van der Waals surface area (Å²) >= 11 is 0. The number of hydrogen-bond donors (Lipinski definition) is 3. The molecule has 1 aromatic heterocycles. The first kappa shape index (κ1) is 9.43. The van der Waals surface area contributed by atoms with Crippen molar-refractivity contribution in [1.29, 1.82) is 0 Å². The summed E-state index contributed by atoms with van der Waals surface area (Å²) in [5, 5.41) is 8.38. The Hall–Kier alpha value is -1.66. The van der Waals surface area contributed by atoms with Gasteiger partial charge in [0, 0.05) is 0 Å². The lowest BCUT2D eigenvalue weighted by atomic mass is 10.3. The van der Waals surface area contributed by atoms with Gasteiger partial charge in [0.1, 0.15) is 17.1 Å². The van der Waals surface area contributed by atoms with Crippen molar-refractivity contribution in [3.05, 3.63) is 17.3 Å². The largest absolute Gasteiger partial charge is 0.478 e. The molecule has 4 N–H and O–H groups in total. The van der Waals surface area contributed by atoms with Crippen LogP contribution in [0.15, 0.2) is 6.07 Å². The van der Waals surface area contributed by atoms with Gasteiger partial charge in [-0.2, -0.15) is 13.2 Å². The van der Waals surface area contributed by atoms with Crippen LogP contribution in [0.1, 0.15) is 16.1 Å². The van der Waals surface area contributed by atoms with Crippen LogP contribution in [-0.2, 0) is 6.18 Å². The highest BCUT2D eigenvalue weighted by Crippen LogP contribution is 2.30. The minimum absolute atomic E-state index is 0.456. The van der Waals surface area contributed by atoms with Crippen molar-refractivity contribution in [1.82, 2.24) is 4.98 Å². The monoisotopic (exact) mass is 194 g/mol. The summed E-state index contributed by atoms with van der Waals surface area (Å²) in [4.78, 5) is 12.0. The number of nitrogens with two attached hydrogens (primary N) is 1. The summed E-state index contributed by atoms with van der Waals surface area (Å²) in [6, 6.07) is 0.456. The number of aromatic carboxylic acids is 1. The van der Waals surface area contributed by atoms with E-state index in [4.69, 9.17) is 10.8 Å². The SMILES string of the molecule is Nc1[nH]c(C(F)(F)F)cc1C(=O)O. The van der Waals surface area contributed by atoms with E-state index in [0.717, 1.165) is 0 Å². The molecule has 0 atom stereocenters. The van der Waals surface area contributed by atoms with Crippen LogP contribution in [0.2, 0.25) is 0 Å². The number of carboxylic acid groups (broad SMARTS) is 1. The van der Waals surface area contributed by atoms with Crippen molar-refractivity contribution in [2.24, 2.45) is 0 Å². The number of H-pyrrole nitrogens is 1. The highest BCUT2D eigenvalue weighted by Gasteiger charge is 2.34. The average Bonchev–Trinajstić information content (AvgIpc) is 2.29. The molecule has 0 unspecified atom stereocenters. The molecule has 72 valence electrons. The zero-order valence-corrected chi connectivity index (χ0v) is 6.14. The van der Waals surface area contributed by atoms with Crippen LogP contribution in [0.4, 0.5) is 19.0 Å². The van der Waals surface area contributed by atoms with E-state index < -0.39 is 29.2 Å². The van der Waals surface area contributed by atoms with Gasteiger partial charge >= 0.3 is 12.1 Å². The Morgan fingerprint density at radius 2 is 2.08 bits per heavy atom. The number of alkyl halides is 3. The van der Waals surface area contributed by atoms with E-state index in [1.165, 1.54) is 0 Å². The van der Waals surface area contributed by atoms with Crippen LogP contribution < -0.4 is 5.73 Å². The molecule has 0 saturated heterocycles. The molecule has 1 aromatic rings. The Kier molecular flexibility index (Phi) is 1.94. The van der Waals surface area contributed by atoms with Crippen LogP contribution in [0, 0.1) is 0 Å². The minimum atomic E-state index is -4.61. The predicted octanol–water partition coefficient (Wildman–Crippen LogP) is 1.31. The quantitative estimate of drug-likeness (QED) is 0.630. The molecular formula is C6H5F3N2O2. The molecule has 0 aliphatic heterocycles. The Morgan fingerprint density at radius 3 is 2.31 bits per heavy atom. The Balaban J connectivity index is 3.17. The number of nitrogen functional groups attached to an aromatic ring is 1. The molecule has 0 aromatic carbocycles. The third-order valence-corrected chi connectivity index (χ3v) is 1.38. The molecule has 13 heavy (non-hydrogen) atoms. The molecule has 0 amide bonds. The molecule has 1 heterocycles. The summed E-state index contributed by atoms with van der Waals surface area (Å²) < 4.78 is 35.9. The average molecular weight is 194 g/mol. The van der Waals surface area contributed by atoms with Crippen molar-refractivity contribution in [2.75, 3.05) is 5.73 Å². The standard InChI is InChI=1S/C6H5F3N2O2/c7-6(8,9)3-1-2(5(12)13)4(10)11-3/h1,11H,10H2,(H,12,13). The van der Waals surface area contributed by atoms with Gasteiger partial charge in [0.25, 0.3) is 0 Å². The van der Waals surface area contributed by atoms with E-state index in [0.29, 0.717) is 6.07 Å². The fourth-order valence-corrected chi connectivity index (χ4v) is 0.800. The first-order chi connectivity index (χ1) is 5.82. The highest BCUT2D eigenvalue weighted by molar-refractivity contribution is 5.93. The fraction of sp³-hybridized carbons (Fsp3) is 0.167. The summed E-state index contributed by atoms with van der Waals surface area (Å²) in [5.41, 5.74) is 3.26. The minimum Gasteiger partial charge on any atom is -0.478 e. The van der Waals surface area contributed by atoms with Crippen molar-refractivity contribution in [2.45, 2.75) is 6.18 Å². The van der Waals surface area contributed by atoms with Crippen molar-refractivity contribution < 1.29 is 23.1 Å². The zero-order chi connectivity index (χ0) is 10.2. The van der Waals surface area contributed by atoms with Crippen molar-refractivity contribution in [3.63, 3.8) is 0 Å². The molecule has 0 bridgehead atoms. The number of nitrogens with one attached hydrogen (secondary N) is 1. The number of carbonyl (C=O) groups is 1. The van der Waals surface area contributed by atoms with E-state index in [9.17, 15) is 18.0 Å². The molecule has 0 aliphatic carbocycles. The second-order valence-electron chi connectivity index (χ2n) is 2.31. The lowest BCUT2D eigenvalue weighted by Gasteiger charge is -2.00. The molecule has 0 spiro atoms. The second kappa shape index (κ2) is 2.68. The smallest absolute Gasteiger partial charge is 0.431 e. The Morgan fingerprint density at radius 1 is 1.54 bits per heavy atom. The number of anilines is 1. The van der Waals surface area contributed by atoms with Gasteiger partial charge in [-0.3, -0.25) is 0 Å². The lowest BCUT2D eigenvalue weighted by Crippen LogP contribution is -2.05. The molecule has 0 saturated carbocycles. The van der Waals surface area contributed by atoms with Gasteiger partial charge in [-0.25, -0.2) is 4.79 Å². The third-order valence-electron chi connectivity index (χ3n) is 1.38. The molecule has 0 fully saturated rings. The normalized spacial score (nSPS) is 11.6. The first-order valence-corrected chi connectivity index (χ1v) is 3.11. The maximum absolute atomic E-state index is 12.0. The first-order valence-electron chi connectivity index (χ1n) is 3.11. The predicted molar refractivity (Wildman–Crippen MR) is 37.2 cm³/mol. The highest BCUT2D eigenvalue weighted by atomic mass is 19.4. The van der Waals surface area contributed by atoms with Crippen LogP contribution in [0.3, 0.4) is 0 Å². The van der Waals surface area contributed by atoms with E-state index in [1.807, 2.05) is 0 Å². The molecule has 0 radical (unpaired) electrons. The van der Waals surface area contributed by atoms with Crippen LogP contribution >= 0.6 is 0 Å². The topological polar surface area (TPSA) is 79.1 Å². The third kappa shape index (κ3) is 1.74. The number of aromatic amines is 1. The van der Waals surface area contributed by atoms with E-state index in [2.05, 4.69) is 0 Å². The van der Waals surface area contributed by atoms with Crippen LogP contribution in [0.5, 0.6) is 0 Å². The number of carboxylic acids is 1. The van der Waals surface area contributed by atoms with Crippen molar-refractivity contribution >= 4 is 11.8 Å². The molecule has 1 rings (SSSR count). The van der Waals surface area contributed by atoms with E-state index in [1.54, 1.807) is 4.98 Å². The molecule has 7 heteroatoms. The number of rotatable bonds is 1. The van der Waals surface area contributed by atoms with Gasteiger partial charge in [-0.1, -0.05) is 0 Å². The summed E-state index contributed by atoms with van der Waals surface area (Å²) in [5.74, 6) is -2.00. The zero-order valence-electron chi connectivity index (χ0n) is 6.14. The van der Waals surface area contributed by atoms with Crippen molar-refractivity contribution in [3.8, 4) is 0 Å². The van der Waals surface area contributed by atoms with E-state index in [-0.39, 0.29) is 0 Å². The maximum atomic E-state index is 12.0. The maximum Gasteiger partial charge on any atom is 0.431 e. The van der Waals surface area contributed by atoms with Gasteiger partial charge in [0.15, 0.2) is 0 Å². The number of halogens is 3. The summed E-state index contributed by atoms with van der Waals surface area (Å²) in [7, 11) is 0. The summed E-state index contributed by atoms with van der Waals surface area (Å²) in [6.45, 7) is 0. The van der Waals surface area contributed by atoms with Gasteiger partial charge in [0.2, 0.25) is 0 Å². The van der Waals surface area contributed by atoms with Crippen LogP contribution in [0.25, 0.3) is 0 Å². The number of aromatic nitrogens is 1. The second-order valence-corrected chi connectivity index (χ2v) is 2.31. The van der Waals surface area contributed by atoms with Gasteiger partial charge < -0.3 is 15.8 Å². The lowest BCUT2D eigenvalue weighted by molar-refractivity contribution is -0.140. The van der Waals surface area contributed by atoms with E-state index >= 15 is 0 Å². The Labute approximate surface area is 70.2 Å². The summed E-state index contributed by atoms with van der Waals surface area (Å²) in [6.07, 6.45) is -4.61. The molecular weight excluding hydrogens is 189 g/mol. The van der Waals surface area contributed by atoms with Gasteiger partial charge in [-0.15, -0.1) is 0 Å². The fourth-order valence-electron chi connectivity index (χ4n) is 0.800. The van der Waals surface area contributed by atoms with Gasteiger partial charge in [-0.05, 0) is 6.07 Å². The number of hydrogen-bond acceptors (Lipinski definition) is 2. The Bertz CT molecular complexity index is 342.